The van der Waals surface area contributed by atoms with Crippen LogP contribution < -0.4 is 26.0 Å². The van der Waals surface area contributed by atoms with Crippen LogP contribution in [0.5, 0.6) is 5.75 Å². The molecule has 5 amide bonds. The number of fused-ring (bicyclic) bond motifs is 2. The Hall–Kier alpha value is -3.71. The molecule has 0 fully saturated rings. The van der Waals surface area contributed by atoms with E-state index < -0.39 is 47.9 Å². The van der Waals surface area contributed by atoms with Gasteiger partial charge in [-0.3, -0.25) is 24.0 Å². The molecule has 240 valence electrons. The van der Waals surface area contributed by atoms with Crippen molar-refractivity contribution in [2.75, 3.05) is 32.8 Å². The van der Waals surface area contributed by atoms with Crippen molar-refractivity contribution in [3.8, 4) is 5.75 Å². The van der Waals surface area contributed by atoms with E-state index in [4.69, 9.17) is 4.74 Å². The first kappa shape index (κ1) is 35.5. The lowest BCUT2D eigenvalue weighted by molar-refractivity contribution is -0.139. The number of nitrogens with one attached hydrogen (secondary N) is 4. The Morgan fingerprint density at radius 2 is 1.63 bits per heavy atom. The van der Waals surface area contributed by atoms with Crippen molar-refractivity contribution in [3.05, 3.63) is 29.8 Å². The van der Waals surface area contributed by atoms with Crippen LogP contribution in [0.4, 0.5) is 0 Å². The van der Waals surface area contributed by atoms with Crippen LogP contribution in [0.1, 0.15) is 58.9 Å². The van der Waals surface area contributed by atoms with E-state index in [1.807, 2.05) is 13.8 Å². The van der Waals surface area contributed by atoms with E-state index in [0.29, 0.717) is 56.6 Å². The molecular weight excluding hydrogens is 558 g/mol. The Bertz CT molecular complexity index is 1090. The van der Waals surface area contributed by atoms with E-state index in [0.717, 1.165) is 0 Å². The molecule has 2 rings (SSSR count). The van der Waals surface area contributed by atoms with E-state index in [1.54, 1.807) is 24.3 Å². The fraction of sp³-hybridized carbons (Fsp3) is 0.633. The second kappa shape index (κ2) is 18.1. The molecule has 43 heavy (non-hydrogen) atoms. The van der Waals surface area contributed by atoms with Crippen molar-refractivity contribution in [3.63, 3.8) is 0 Å². The summed E-state index contributed by atoms with van der Waals surface area (Å²) in [6.45, 7) is 7.53. The molecule has 13 nitrogen and oxygen atoms in total. The Balaban J connectivity index is 2.22. The van der Waals surface area contributed by atoms with Crippen molar-refractivity contribution in [1.29, 1.82) is 0 Å². The number of amides is 5. The van der Waals surface area contributed by atoms with E-state index >= 15 is 0 Å². The van der Waals surface area contributed by atoms with Gasteiger partial charge in [0.2, 0.25) is 17.7 Å². The van der Waals surface area contributed by atoms with E-state index in [9.17, 15) is 34.2 Å². The molecule has 0 saturated heterocycles. The van der Waals surface area contributed by atoms with Gasteiger partial charge in [0, 0.05) is 26.2 Å². The maximum atomic E-state index is 13.2. The number of aliphatic hydroxyl groups excluding tert-OH is 2. The average Bonchev–Trinajstić information content (AvgIpc) is 2.93. The first-order chi connectivity index (χ1) is 20.4. The molecule has 1 aliphatic heterocycles. The highest BCUT2D eigenvalue weighted by atomic mass is 16.5. The summed E-state index contributed by atoms with van der Waals surface area (Å²) in [5, 5.41) is 30.8. The molecule has 0 aliphatic carbocycles. The number of hydrogen-bond donors (Lipinski definition) is 6. The molecule has 0 saturated carbocycles. The summed E-state index contributed by atoms with van der Waals surface area (Å²) in [6, 6.07) is 4.54. The van der Waals surface area contributed by atoms with Gasteiger partial charge in [0.15, 0.2) is 6.61 Å². The zero-order valence-corrected chi connectivity index (χ0v) is 25.6. The van der Waals surface area contributed by atoms with Crippen LogP contribution in [-0.2, 0) is 30.4 Å². The quantitative estimate of drug-likeness (QED) is 0.268. The van der Waals surface area contributed by atoms with Crippen molar-refractivity contribution < 1.29 is 38.9 Å². The van der Waals surface area contributed by atoms with Crippen molar-refractivity contribution in [2.24, 2.45) is 5.92 Å². The summed E-state index contributed by atoms with van der Waals surface area (Å²) in [7, 11) is 0. The molecule has 13 heteroatoms. The first-order valence-corrected chi connectivity index (χ1v) is 14.9. The van der Waals surface area contributed by atoms with Crippen LogP contribution in [0.15, 0.2) is 24.3 Å². The number of nitrogens with zero attached hydrogens (tertiary/aromatic N) is 1. The smallest absolute Gasteiger partial charge is 0.257 e. The third-order valence-corrected chi connectivity index (χ3v) is 6.80. The third-order valence-electron chi connectivity index (χ3n) is 6.80. The highest BCUT2D eigenvalue weighted by Crippen LogP contribution is 2.14. The lowest BCUT2D eigenvalue weighted by Crippen LogP contribution is -2.57. The van der Waals surface area contributed by atoms with Gasteiger partial charge in [-0.1, -0.05) is 26.0 Å². The summed E-state index contributed by atoms with van der Waals surface area (Å²) < 4.78 is 5.59. The van der Waals surface area contributed by atoms with Crippen LogP contribution in [0.25, 0.3) is 0 Å². The number of carbonyl (C=O) groups excluding carboxylic acids is 5. The minimum absolute atomic E-state index is 0.0462. The second-order valence-electron chi connectivity index (χ2n) is 11.3. The summed E-state index contributed by atoms with van der Waals surface area (Å²) in [5.41, 5.74) is 0.609. The van der Waals surface area contributed by atoms with E-state index in [-0.39, 0.29) is 31.4 Å². The normalized spacial score (nSPS) is 22.2. The van der Waals surface area contributed by atoms with Gasteiger partial charge in [0.05, 0.1) is 12.5 Å². The number of carbonyl (C=O) groups is 5. The molecule has 6 N–H and O–H groups in total. The Kier molecular flexibility index (Phi) is 14.9. The summed E-state index contributed by atoms with van der Waals surface area (Å²) in [4.78, 5) is 65.3. The van der Waals surface area contributed by atoms with Gasteiger partial charge in [-0.25, -0.2) is 0 Å². The topological polar surface area (TPSA) is 186 Å². The predicted molar refractivity (Wildman–Crippen MR) is 159 cm³/mol. The van der Waals surface area contributed by atoms with Crippen LogP contribution in [0.3, 0.4) is 0 Å². The lowest BCUT2D eigenvalue weighted by atomic mass is 10.0. The minimum Gasteiger partial charge on any atom is -0.484 e. The fourth-order valence-corrected chi connectivity index (χ4v) is 4.58. The molecule has 4 atom stereocenters. The lowest BCUT2D eigenvalue weighted by Gasteiger charge is -2.26. The minimum atomic E-state index is -1.23. The second-order valence-corrected chi connectivity index (χ2v) is 11.3. The van der Waals surface area contributed by atoms with Gasteiger partial charge in [0.1, 0.15) is 23.9 Å². The van der Waals surface area contributed by atoms with E-state index in [2.05, 4.69) is 21.3 Å². The largest absolute Gasteiger partial charge is 0.484 e. The SMILES string of the molecule is CC(C)C[C@H]1NC(=O)Cc2cccc(c2)OCC(=O)NCCCN(C(=O)[C@H](C)O)CCCCNC(=O)[C@H]([C@@H](C)O)NC1=O. The van der Waals surface area contributed by atoms with Crippen LogP contribution in [-0.4, -0.2) is 102 Å². The molecule has 0 aromatic heterocycles. The van der Waals surface area contributed by atoms with Crippen molar-refractivity contribution in [2.45, 2.75) is 84.1 Å². The van der Waals surface area contributed by atoms with Gasteiger partial charge in [-0.15, -0.1) is 0 Å². The molecule has 1 aromatic carbocycles. The van der Waals surface area contributed by atoms with Crippen LogP contribution in [0, 0.1) is 5.92 Å². The van der Waals surface area contributed by atoms with Gasteiger partial charge >= 0.3 is 0 Å². The third kappa shape index (κ3) is 13.0. The zero-order valence-electron chi connectivity index (χ0n) is 25.6. The van der Waals surface area contributed by atoms with Crippen molar-refractivity contribution >= 4 is 29.5 Å². The monoisotopic (exact) mass is 605 g/mol. The summed E-state index contributed by atoms with van der Waals surface area (Å²) >= 11 is 0. The number of rotatable bonds is 4. The molecule has 0 radical (unpaired) electrons. The molecule has 0 spiro atoms. The molecule has 2 bridgehead atoms. The fourth-order valence-electron chi connectivity index (χ4n) is 4.58. The number of benzene rings is 1. The maximum Gasteiger partial charge on any atom is 0.257 e. The first-order valence-electron chi connectivity index (χ1n) is 14.9. The molecular formula is C30H47N5O8. The summed E-state index contributed by atoms with van der Waals surface area (Å²) in [6.07, 6.45) is -0.634. The Labute approximate surface area is 253 Å². The predicted octanol–water partition coefficient (Wildman–Crippen LogP) is -0.370. The molecule has 1 aromatic rings. The van der Waals surface area contributed by atoms with Gasteiger partial charge in [-0.05, 0) is 63.1 Å². The molecule has 1 aliphatic rings. The van der Waals surface area contributed by atoms with Gasteiger partial charge in [0.25, 0.3) is 11.8 Å². The molecule has 0 unspecified atom stereocenters. The zero-order chi connectivity index (χ0) is 31.9. The van der Waals surface area contributed by atoms with Crippen molar-refractivity contribution in [1.82, 2.24) is 26.2 Å². The average molecular weight is 606 g/mol. The number of aliphatic hydroxyl groups is 2. The van der Waals surface area contributed by atoms with Gasteiger partial charge in [-0.2, -0.15) is 0 Å². The van der Waals surface area contributed by atoms with Crippen LogP contribution >= 0.6 is 0 Å². The molecule has 1 heterocycles. The highest BCUT2D eigenvalue weighted by molar-refractivity contribution is 5.92. The van der Waals surface area contributed by atoms with Gasteiger partial charge < -0.3 is 41.1 Å². The van der Waals surface area contributed by atoms with Crippen LogP contribution in [0.2, 0.25) is 0 Å². The Morgan fingerprint density at radius 1 is 0.930 bits per heavy atom. The Morgan fingerprint density at radius 3 is 2.30 bits per heavy atom. The summed E-state index contributed by atoms with van der Waals surface area (Å²) in [5.74, 6) is -1.91. The highest BCUT2D eigenvalue weighted by Gasteiger charge is 2.30. The standard InChI is InChI=1S/C30H47N5O8/c1-19(2)15-24-28(40)34-27(20(3)36)29(41)32-11-5-6-13-35(30(42)21(4)37)14-8-12-31-26(39)18-43-23-10-7-9-22(16-23)17-25(38)33-24/h7,9-10,16,19-21,24,27,36-37H,5-6,8,11-15,17-18H2,1-4H3,(H,31,39)(H,32,41)(H,33,38)(H,34,40)/t20-,21+,24-,27+/m1/s1. The number of hydrogen-bond acceptors (Lipinski definition) is 8. The maximum absolute atomic E-state index is 13.2. The van der Waals surface area contributed by atoms with E-state index in [1.165, 1.54) is 18.7 Å². The number of ether oxygens (including phenoxy) is 1.